The van der Waals surface area contributed by atoms with Crippen molar-refractivity contribution in [3.8, 4) is 16.9 Å². The van der Waals surface area contributed by atoms with Crippen LogP contribution >= 0.6 is 0 Å². The van der Waals surface area contributed by atoms with E-state index in [0.29, 0.717) is 31.8 Å². The zero-order chi connectivity index (χ0) is 22.9. The van der Waals surface area contributed by atoms with Crippen molar-refractivity contribution in [3.05, 3.63) is 54.1 Å². The average molecular weight is 435 g/mol. The summed E-state index contributed by atoms with van der Waals surface area (Å²) in [5, 5.41) is 3.12. The van der Waals surface area contributed by atoms with E-state index in [1.807, 2.05) is 43.0 Å². The Hall–Kier alpha value is -2.82. The lowest BCUT2D eigenvalue weighted by Gasteiger charge is -2.29. The molecular weight excluding hydrogens is 400 g/mol. The minimum atomic E-state index is -0.579. The summed E-state index contributed by atoms with van der Waals surface area (Å²) in [6.45, 7) is 7.25. The normalized spacial score (nSPS) is 24.5. The molecule has 3 atom stereocenters. The smallest absolute Gasteiger partial charge is 0.228 e. The molecule has 1 aliphatic carbocycles. The van der Waals surface area contributed by atoms with Gasteiger partial charge in [-0.2, -0.15) is 0 Å². The molecule has 170 valence electrons. The number of hydrogen-bond acceptors (Lipinski definition) is 3. The number of carbonyl (C=O) groups is 2. The molecule has 1 heterocycles. The molecule has 2 aromatic rings. The lowest BCUT2D eigenvalue weighted by molar-refractivity contribution is -0.134. The van der Waals surface area contributed by atoms with Gasteiger partial charge in [-0.1, -0.05) is 49.4 Å². The summed E-state index contributed by atoms with van der Waals surface area (Å²) < 4.78 is 5.50. The fraction of sp³-hybridized carbons (Fsp3) is 0.481. The number of methoxy groups -OCH3 is 1. The lowest BCUT2D eigenvalue weighted by Crippen LogP contribution is -2.47. The predicted octanol–water partition coefficient (Wildman–Crippen LogP) is 4.30. The van der Waals surface area contributed by atoms with E-state index in [0.717, 1.165) is 28.9 Å². The van der Waals surface area contributed by atoms with E-state index in [2.05, 4.69) is 36.5 Å². The first kappa shape index (κ1) is 22.4. The van der Waals surface area contributed by atoms with E-state index in [-0.39, 0.29) is 23.8 Å². The van der Waals surface area contributed by atoms with Gasteiger partial charge in [-0.15, -0.1) is 0 Å². The maximum atomic E-state index is 13.3. The summed E-state index contributed by atoms with van der Waals surface area (Å²) in [5.74, 6) is 1.75. The second-order valence-electron chi connectivity index (χ2n) is 9.81. The molecule has 2 amide bonds. The van der Waals surface area contributed by atoms with Crippen molar-refractivity contribution in [2.75, 3.05) is 20.2 Å². The number of hydrogen-bond donors (Lipinski definition) is 1. The van der Waals surface area contributed by atoms with Gasteiger partial charge in [-0.3, -0.25) is 9.59 Å². The van der Waals surface area contributed by atoms with E-state index in [1.165, 1.54) is 0 Å². The molecule has 1 N–H and O–H groups in total. The lowest BCUT2D eigenvalue weighted by atomic mass is 9.79. The van der Waals surface area contributed by atoms with E-state index in [1.54, 1.807) is 7.11 Å². The summed E-state index contributed by atoms with van der Waals surface area (Å²) in [6, 6.07) is 16.4. The third-order valence-corrected chi connectivity index (χ3v) is 6.91. The third kappa shape index (κ3) is 4.52. The fourth-order valence-corrected chi connectivity index (χ4v) is 4.86. The number of amides is 2. The van der Waals surface area contributed by atoms with Crippen LogP contribution < -0.4 is 10.1 Å². The molecule has 5 nitrogen and oxygen atoms in total. The van der Waals surface area contributed by atoms with E-state index in [4.69, 9.17) is 4.74 Å². The van der Waals surface area contributed by atoms with Gasteiger partial charge in [0.1, 0.15) is 5.75 Å². The first-order valence-corrected chi connectivity index (χ1v) is 11.6. The Morgan fingerprint density at radius 3 is 2.47 bits per heavy atom. The van der Waals surface area contributed by atoms with Crippen molar-refractivity contribution in [2.45, 2.75) is 46.1 Å². The highest BCUT2D eigenvalue weighted by Crippen LogP contribution is 2.42. The average Bonchev–Trinajstić information content (AvgIpc) is 3.36. The summed E-state index contributed by atoms with van der Waals surface area (Å²) in [7, 11) is 1.68. The highest BCUT2D eigenvalue weighted by molar-refractivity contribution is 5.87. The van der Waals surface area contributed by atoms with Crippen molar-refractivity contribution >= 4 is 11.8 Å². The van der Waals surface area contributed by atoms with Crippen molar-refractivity contribution in [3.63, 3.8) is 0 Å². The van der Waals surface area contributed by atoms with Gasteiger partial charge in [-0.05, 0) is 56.2 Å². The van der Waals surface area contributed by atoms with Crippen LogP contribution in [0.1, 0.15) is 39.2 Å². The van der Waals surface area contributed by atoms with E-state index < -0.39 is 5.41 Å². The molecule has 1 saturated carbocycles. The third-order valence-electron chi connectivity index (χ3n) is 6.91. The molecule has 2 aromatic carbocycles. The summed E-state index contributed by atoms with van der Waals surface area (Å²) in [4.78, 5) is 28.1. The van der Waals surface area contributed by atoms with Gasteiger partial charge in [-0.25, -0.2) is 0 Å². The quantitative estimate of drug-likeness (QED) is 0.707. The van der Waals surface area contributed by atoms with Crippen LogP contribution in [0.2, 0.25) is 0 Å². The standard InChI is InChI=1S/C27H34N2O3/c1-18(2)28-26(31)27(13-14-29(17-27)25(30)23-15-19(23)3)16-20-9-11-21(12-10-20)22-7-5-6-8-24(22)32-4/h5-12,18-19,23H,13-17H2,1-4H3,(H,28,31)/t19-,23-,27+/m0/s1. The number of rotatable bonds is 7. The van der Waals surface area contributed by atoms with Crippen molar-refractivity contribution in [2.24, 2.45) is 17.3 Å². The van der Waals surface area contributed by atoms with Crippen LogP contribution in [0.25, 0.3) is 11.1 Å². The number of likely N-dealkylation sites (tertiary alicyclic amines) is 1. The molecule has 0 bridgehead atoms. The van der Waals surface area contributed by atoms with Crippen LogP contribution in [0, 0.1) is 17.3 Å². The molecular formula is C27H34N2O3. The van der Waals surface area contributed by atoms with Gasteiger partial charge in [0.05, 0.1) is 12.5 Å². The van der Waals surface area contributed by atoms with Gasteiger partial charge in [0.25, 0.3) is 0 Å². The monoisotopic (exact) mass is 434 g/mol. The zero-order valence-corrected chi connectivity index (χ0v) is 19.6. The van der Waals surface area contributed by atoms with Crippen LogP contribution in [0.15, 0.2) is 48.5 Å². The minimum Gasteiger partial charge on any atom is -0.496 e. The Kier molecular flexibility index (Phi) is 6.27. The zero-order valence-electron chi connectivity index (χ0n) is 19.6. The Balaban J connectivity index is 1.55. The van der Waals surface area contributed by atoms with Gasteiger partial charge in [0.2, 0.25) is 11.8 Å². The number of nitrogens with one attached hydrogen (secondary N) is 1. The van der Waals surface area contributed by atoms with E-state index in [9.17, 15) is 9.59 Å². The molecule has 0 unspecified atom stereocenters. The Morgan fingerprint density at radius 2 is 1.84 bits per heavy atom. The Morgan fingerprint density at radius 1 is 1.16 bits per heavy atom. The van der Waals surface area contributed by atoms with Crippen molar-refractivity contribution in [1.82, 2.24) is 10.2 Å². The second-order valence-corrected chi connectivity index (χ2v) is 9.81. The fourth-order valence-electron chi connectivity index (χ4n) is 4.86. The first-order valence-electron chi connectivity index (χ1n) is 11.6. The Labute approximate surface area is 191 Å². The molecule has 32 heavy (non-hydrogen) atoms. The molecule has 2 aliphatic rings. The highest BCUT2D eigenvalue weighted by atomic mass is 16.5. The van der Waals surface area contributed by atoms with Crippen LogP contribution in [-0.4, -0.2) is 43.0 Å². The van der Waals surface area contributed by atoms with Crippen molar-refractivity contribution < 1.29 is 14.3 Å². The molecule has 2 fully saturated rings. The molecule has 0 aromatic heterocycles. The van der Waals surface area contributed by atoms with Crippen molar-refractivity contribution in [1.29, 1.82) is 0 Å². The van der Waals surface area contributed by atoms with Gasteiger partial charge < -0.3 is 15.0 Å². The topological polar surface area (TPSA) is 58.6 Å². The van der Waals surface area contributed by atoms with Gasteiger partial charge >= 0.3 is 0 Å². The molecule has 0 spiro atoms. The van der Waals surface area contributed by atoms with Crippen LogP contribution in [0.5, 0.6) is 5.75 Å². The Bertz CT molecular complexity index is 985. The molecule has 0 radical (unpaired) electrons. The minimum absolute atomic E-state index is 0.0560. The van der Waals surface area contributed by atoms with Crippen LogP contribution in [0.4, 0.5) is 0 Å². The summed E-state index contributed by atoms with van der Waals surface area (Å²) >= 11 is 0. The van der Waals surface area contributed by atoms with E-state index >= 15 is 0 Å². The summed E-state index contributed by atoms with van der Waals surface area (Å²) in [5.41, 5.74) is 2.66. The predicted molar refractivity (Wildman–Crippen MR) is 126 cm³/mol. The highest BCUT2D eigenvalue weighted by Gasteiger charge is 2.49. The maximum Gasteiger partial charge on any atom is 0.228 e. The number of ether oxygens (including phenoxy) is 1. The maximum absolute atomic E-state index is 13.3. The van der Waals surface area contributed by atoms with Crippen LogP contribution in [0.3, 0.4) is 0 Å². The number of carbonyl (C=O) groups excluding carboxylic acids is 2. The summed E-state index contributed by atoms with van der Waals surface area (Å²) in [6.07, 6.45) is 2.30. The largest absolute Gasteiger partial charge is 0.496 e. The molecule has 4 rings (SSSR count). The number of para-hydroxylation sites is 1. The van der Waals surface area contributed by atoms with Gasteiger partial charge in [0, 0.05) is 30.6 Å². The molecule has 1 saturated heterocycles. The van der Waals surface area contributed by atoms with Gasteiger partial charge in [0.15, 0.2) is 0 Å². The first-order chi connectivity index (χ1) is 15.3. The number of benzene rings is 2. The molecule has 5 heteroatoms. The molecule has 1 aliphatic heterocycles. The van der Waals surface area contributed by atoms with Crippen LogP contribution in [-0.2, 0) is 16.0 Å². The number of nitrogens with zero attached hydrogens (tertiary/aromatic N) is 1. The second kappa shape index (κ2) is 8.97. The SMILES string of the molecule is COc1ccccc1-c1ccc(C[C@]2(C(=O)NC(C)C)CCN(C(=O)[C@H]3C[C@@H]3C)C2)cc1.